The van der Waals surface area contributed by atoms with Crippen molar-refractivity contribution >= 4 is 5.91 Å². The maximum atomic E-state index is 13.3. The number of aliphatic hydroxyl groups is 11. The standard InChI is InChI=1S/C65H107NO18/c1-3-5-7-9-11-13-14-15-16-17-18-19-20-21-22-23-24-25-26-27-28-29-30-31-32-33-34-35-37-39-41-43-53(71)66-48(49(70)42-40-38-36-12-10-8-6-4-2)47-79-63-59(77)56(74)61(51(45-68)81-63)84-65-60(78)57(75)62(52(46-69)82-65)83-64-58(76)55(73)54(72)50(44-67)80-64/h5,7,10-13,15-16,18-19,21-22,24-25,27-28,40,42,48-52,54-65,67-70,72-78H,3-4,6,8-9,14,17,20,23,26,29-39,41,43-47H2,1-2H3,(H,66,71)/b7-5-,12-10+,13-11-,16-15-,19-18-,22-21-,25-24-,28-27-,42-40+. The summed E-state index contributed by atoms with van der Waals surface area (Å²) in [6.45, 7) is 1.46. The quantitative estimate of drug-likeness (QED) is 0.0235. The van der Waals surface area contributed by atoms with Gasteiger partial charge in [0.25, 0.3) is 0 Å². The van der Waals surface area contributed by atoms with E-state index in [2.05, 4.69) is 116 Å². The van der Waals surface area contributed by atoms with Crippen LogP contribution in [-0.4, -0.2) is 193 Å². The zero-order valence-electron chi connectivity index (χ0n) is 50.1. The van der Waals surface area contributed by atoms with Gasteiger partial charge in [-0.1, -0.05) is 181 Å². The van der Waals surface area contributed by atoms with Crippen molar-refractivity contribution in [3.05, 3.63) is 109 Å². The summed E-state index contributed by atoms with van der Waals surface area (Å²) in [4.78, 5) is 13.3. The number of hydrogen-bond acceptors (Lipinski definition) is 18. The lowest BCUT2D eigenvalue weighted by Crippen LogP contribution is -2.66. The van der Waals surface area contributed by atoms with Crippen LogP contribution in [0, 0.1) is 0 Å². The molecule has 480 valence electrons. The summed E-state index contributed by atoms with van der Waals surface area (Å²) in [6, 6.07) is -0.998. The Labute approximate surface area is 500 Å². The average Bonchev–Trinajstić information content (AvgIpc) is 2.91. The van der Waals surface area contributed by atoms with Crippen molar-refractivity contribution < 1.29 is 89.4 Å². The highest BCUT2D eigenvalue weighted by Crippen LogP contribution is 2.33. The number of carbonyl (C=O) groups excluding carboxylic acids is 1. The Morgan fingerprint density at radius 3 is 1.33 bits per heavy atom. The number of nitrogens with one attached hydrogen (secondary N) is 1. The van der Waals surface area contributed by atoms with Gasteiger partial charge in [0.2, 0.25) is 5.91 Å². The molecular weight excluding hydrogens is 1080 g/mol. The molecule has 3 fully saturated rings. The van der Waals surface area contributed by atoms with E-state index in [0.29, 0.717) is 12.8 Å². The average molecular weight is 1190 g/mol. The van der Waals surface area contributed by atoms with Crippen molar-refractivity contribution in [2.45, 2.75) is 266 Å². The molecule has 3 aliphatic rings. The zero-order chi connectivity index (χ0) is 61.2. The number of ether oxygens (including phenoxy) is 6. The van der Waals surface area contributed by atoms with E-state index in [9.17, 15) is 61.0 Å². The summed E-state index contributed by atoms with van der Waals surface area (Å²) in [6.07, 6.45) is 34.0. The van der Waals surface area contributed by atoms with E-state index in [4.69, 9.17) is 28.4 Å². The molecule has 0 saturated carbocycles. The number of hydrogen-bond donors (Lipinski definition) is 12. The summed E-state index contributed by atoms with van der Waals surface area (Å²) in [7, 11) is 0. The molecule has 0 aromatic heterocycles. The second-order valence-electron chi connectivity index (χ2n) is 21.8. The monoisotopic (exact) mass is 1190 g/mol. The van der Waals surface area contributed by atoms with Gasteiger partial charge >= 0.3 is 0 Å². The van der Waals surface area contributed by atoms with Crippen LogP contribution in [0.15, 0.2) is 109 Å². The molecule has 3 aliphatic heterocycles. The maximum Gasteiger partial charge on any atom is 0.220 e. The van der Waals surface area contributed by atoms with Gasteiger partial charge in [-0.3, -0.25) is 4.79 Å². The third kappa shape index (κ3) is 29.4. The molecule has 0 spiro atoms. The molecule has 17 atom stereocenters. The van der Waals surface area contributed by atoms with Crippen LogP contribution in [0.2, 0.25) is 0 Å². The number of aliphatic hydroxyl groups excluding tert-OH is 11. The van der Waals surface area contributed by atoms with E-state index in [1.54, 1.807) is 6.08 Å². The number of amides is 1. The van der Waals surface area contributed by atoms with Gasteiger partial charge in [0.05, 0.1) is 38.6 Å². The van der Waals surface area contributed by atoms with Gasteiger partial charge < -0.3 is 89.9 Å². The van der Waals surface area contributed by atoms with Crippen LogP contribution >= 0.6 is 0 Å². The topological polar surface area (TPSA) is 307 Å². The van der Waals surface area contributed by atoms with Gasteiger partial charge in [0.15, 0.2) is 18.9 Å². The van der Waals surface area contributed by atoms with Crippen molar-refractivity contribution in [1.29, 1.82) is 0 Å². The van der Waals surface area contributed by atoms with Gasteiger partial charge in [-0.05, 0) is 83.5 Å². The molecule has 3 saturated heterocycles. The summed E-state index contributed by atoms with van der Waals surface area (Å²) in [5.74, 6) is -0.302. The predicted octanol–water partition coefficient (Wildman–Crippen LogP) is 6.31. The third-order valence-corrected chi connectivity index (χ3v) is 14.8. The molecule has 0 aliphatic carbocycles. The van der Waals surface area contributed by atoms with E-state index in [-0.39, 0.29) is 18.9 Å². The fourth-order valence-corrected chi connectivity index (χ4v) is 9.70. The largest absolute Gasteiger partial charge is 0.394 e. The second kappa shape index (κ2) is 46.6. The van der Waals surface area contributed by atoms with Gasteiger partial charge in [0, 0.05) is 6.42 Å². The lowest BCUT2D eigenvalue weighted by atomic mass is 9.96. The molecule has 84 heavy (non-hydrogen) atoms. The molecule has 0 bridgehead atoms. The first-order chi connectivity index (χ1) is 40.8. The van der Waals surface area contributed by atoms with Crippen LogP contribution in [0.1, 0.15) is 162 Å². The van der Waals surface area contributed by atoms with E-state index in [1.165, 1.54) is 25.7 Å². The Hall–Kier alpha value is -3.55. The minimum absolute atomic E-state index is 0.220. The van der Waals surface area contributed by atoms with Crippen LogP contribution in [0.3, 0.4) is 0 Å². The number of unbranched alkanes of at least 4 members (excludes halogenated alkanes) is 12. The lowest BCUT2D eigenvalue weighted by Gasteiger charge is -2.48. The Morgan fingerprint density at radius 2 is 0.833 bits per heavy atom. The Bertz CT molecular complexity index is 1950. The third-order valence-electron chi connectivity index (χ3n) is 14.8. The molecular formula is C65H107NO18. The van der Waals surface area contributed by atoms with Gasteiger partial charge in [-0.2, -0.15) is 0 Å². The molecule has 1 amide bonds. The van der Waals surface area contributed by atoms with E-state index in [0.717, 1.165) is 103 Å². The van der Waals surface area contributed by atoms with Crippen molar-refractivity contribution in [2.75, 3.05) is 26.4 Å². The smallest absolute Gasteiger partial charge is 0.220 e. The van der Waals surface area contributed by atoms with Crippen LogP contribution in [0.25, 0.3) is 0 Å². The molecule has 3 heterocycles. The van der Waals surface area contributed by atoms with Crippen LogP contribution < -0.4 is 5.32 Å². The molecule has 17 unspecified atom stereocenters. The van der Waals surface area contributed by atoms with Crippen molar-refractivity contribution in [2.24, 2.45) is 0 Å². The minimum Gasteiger partial charge on any atom is -0.394 e. The highest BCUT2D eigenvalue weighted by atomic mass is 16.8. The van der Waals surface area contributed by atoms with Crippen molar-refractivity contribution in [1.82, 2.24) is 5.32 Å². The normalized spacial score (nSPS) is 29.9. The molecule has 19 nitrogen and oxygen atoms in total. The van der Waals surface area contributed by atoms with Gasteiger partial charge in [0.1, 0.15) is 73.2 Å². The molecule has 3 rings (SSSR count). The molecule has 0 aromatic rings. The number of allylic oxidation sites excluding steroid dienone is 17. The Kier molecular flexibility index (Phi) is 41.4. The first-order valence-corrected chi connectivity index (χ1v) is 31.1. The maximum absolute atomic E-state index is 13.3. The first kappa shape index (κ1) is 74.7. The van der Waals surface area contributed by atoms with Crippen LogP contribution in [-0.2, 0) is 33.2 Å². The predicted molar refractivity (Wildman–Crippen MR) is 323 cm³/mol. The van der Waals surface area contributed by atoms with Gasteiger partial charge in [-0.15, -0.1) is 0 Å². The fraction of sp³-hybridized carbons (Fsp3) is 0.708. The van der Waals surface area contributed by atoms with Gasteiger partial charge in [-0.25, -0.2) is 0 Å². The fourth-order valence-electron chi connectivity index (χ4n) is 9.70. The van der Waals surface area contributed by atoms with Crippen LogP contribution in [0.5, 0.6) is 0 Å². The minimum atomic E-state index is -1.98. The summed E-state index contributed by atoms with van der Waals surface area (Å²) in [5, 5.41) is 120. The number of carbonyl (C=O) groups is 1. The molecule has 12 N–H and O–H groups in total. The lowest BCUT2D eigenvalue weighted by molar-refractivity contribution is -0.379. The highest BCUT2D eigenvalue weighted by Gasteiger charge is 2.53. The summed E-state index contributed by atoms with van der Waals surface area (Å²) in [5.41, 5.74) is 0. The summed E-state index contributed by atoms with van der Waals surface area (Å²) < 4.78 is 34.1. The first-order valence-electron chi connectivity index (χ1n) is 31.1. The van der Waals surface area contributed by atoms with E-state index in [1.807, 2.05) is 6.08 Å². The van der Waals surface area contributed by atoms with Crippen molar-refractivity contribution in [3.63, 3.8) is 0 Å². The summed E-state index contributed by atoms with van der Waals surface area (Å²) >= 11 is 0. The molecule has 0 aromatic carbocycles. The number of rotatable bonds is 44. The molecule has 19 heteroatoms. The zero-order valence-corrected chi connectivity index (χ0v) is 50.1. The Balaban J connectivity index is 1.38. The van der Waals surface area contributed by atoms with E-state index < -0.39 is 124 Å². The highest BCUT2D eigenvalue weighted by molar-refractivity contribution is 5.76. The van der Waals surface area contributed by atoms with Crippen molar-refractivity contribution in [3.8, 4) is 0 Å². The Morgan fingerprint density at radius 1 is 0.440 bits per heavy atom. The van der Waals surface area contributed by atoms with Crippen LogP contribution in [0.4, 0.5) is 0 Å². The van der Waals surface area contributed by atoms with E-state index >= 15 is 0 Å². The SMILES string of the molecule is CC/C=C\C/C=C\C/C=C\C/C=C\C/C=C\C/C=C\C/C=C\CCCCCCCCCCCC(=O)NC(COC1OC(CO)C(OC2OC(CO)C(OC3OC(CO)C(O)C(O)C3O)C(O)C2O)C(O)C1O)C(O)/C=C/CC/C=C/CCCC. The molecule has 0 radical (unpaired) electrons. The second-order valence-corrected chi connectivity index (χ2v) is 21.8.